The summed E-state index contributed by atoms with van der Waals surface area (Å²) in [7, 11) is -0.107. The van der Waals surface area contributed by atoms with Crippen LogP contribution >= 0.6 is 10.5 Å². The van der Waals surface area contributed by atoms with Crippen LogP contribution in [0.1, 0.15) is 6.42 Å². The van der Waals surface area contributed by atoms with E-state index in [0.717, 1.165) is 0 Å². The Hall–Kier alpha value is -2.85. The lowest BCUT2D eigenvalue weighted by molar-refractivity contribution is -0.143. The van der Waals surface area contributed by atoms with Crippen molar-refractivity contribution in [1.29, 1.82) is 0 Å². The predicted molar refractivity (Wildman–Crippen MR) is 105 cm³/mol. The van der Waals surface area contributed by atoms with Crippen LogP contribution in [0.5, 0.6) is 5.75 Å². The van der Waals surface area contributed by atoms with E-state index in [2.05, 4.69) is 60.7 Å². The molecule has 4 heteroatoms. The number of rotatable bonds is 3. The summed E-state index contributed by atoms with van der Waals surface area (Å²) in [4.78, 5) is 12.8. The van der Waals surface area contributed by atoms with Crippen molar-refractivity contribution >= 4 is 36.6 Å². The molecule has 26 heavy (non-hydrogen) atoms. The molecule has 0 aliphatic carbocycles. The Labute approximate surface area is 153 Å². The molecule has 1 aromatic heterocycles. The Kier molecular flexibility index (Phi) is 3.64. The van der Waals surface area contributed by atoms with Crippen molar-refractivity contribution in [2.45, 2.75) is 12.5 Å². The molecule has 1 unspecified atom stereocenters. The highest BCUT2D eigenvalue weighted by Gasteiger charge is 2.28. The van der Waals surface area contributed by atoms with Crippen LogP contribution in [0.15, 0.2) is 72.8 Å². The van der Waals surface area contributed by atoms with Gasteiger partial charge in [0.25, 0.3) is 0 Å². The van der Waals surface area contributed by atoms with Crippen molar-refractivity contribution in [3.8, 4) is 10.6 Å². The summed E-state index contributed by atoms with van der Waals surface area (Å²) in [6.45, 7) is 0.443. The van der Waals surface area contributed by atoms with Gasteiger partial charge < -0.3 is 9.47 Å². The Balaban J connectivity index is 1.58. The fourth-order valence-corrected chi connectivity index (χ4v) is 5.89. The van der Waals surface area contributed by atoms with Gasteiger partial charge in [0.2, 0.25) is 0 Å². The van der Waals surface area contributed by atoms with E-state index < -0.39 is 6.10 Å². The molecule has 1 saturated heterocycles. The molecule has 0 saturated carbocycles. The molecule has 0 spiro atoms. The average Bonchev–Trinajstić information content (AvgIpc) is 3.24. The normalized spacial score (nSPS) is 16.9. The molecule has 1 aliphatic heterocycles. The molecule has 1 atom stereocenters. The topological polar surface area (TPSA) is 35.5 Å². The number of hydrogen-bond donors (Lipinski definition) is 0. The SMILES string of the molecule is O=C1OCCC1Oc1ccc(-[s+]2c3ccccc3c3ccccc32)cc1. The molecule has 4 aromatic rings. The number of thiophene rings is 1. The predicted octanol–water partition coefficient (Wildman–Crippen LogP) is 5.43. The number of fused-ring (bicyclic) bond motifs is 3. The maximum Gasteiger partial charge on any atom is 0.347 e. The van der Waals surface area contributed by atoms with Crippen LogP contribution in [0, 0.1) is 0 Å². The number of hydrogen-bond acceptors (Lipinski definition) is 3. The standard InChI is InChI=1S/C22H17O3S/c23-22-19(13-14-24-22)25-15-9-11-16(12-10-15)26-20-7-3-1-5-17(20)18-6-2-4-8-21(18)26/h1-12,19H,13-14H2/q+1. The zero-order valence-corrected chi connectivity index (χ0v) is 14.9. The second-order valence-electron chi connectivity index (χ2n) is 6.33. The molecule has 5 rings (SSSR count). The zero-order chi connectivity index (χ0) is 17.5. The zero-order valence-electron chi connectivity index (χ0n) is 14.1. The van der Waals surface area contributed by atoms with E-state index in [9.17, 15) is 4.79 Å². The van der Waals surface area contributed by atoms with Crippen LogP contribution in [0.25, 0.3) is 25.1 Å². The van der Waals surface area contributed by atoms with Crippen LogP contribution in [0.2, 0.25) is 0 Å². The molecule has 0 N–H and O–H groups in total. The summed E-state index contributed by atoms with van der Waals surface area (Å²) in [6, 6.07) is 25.4. The van der Waals surface area contributed by atoms with Crippen molar-refractivity contribution in [3.63, 3.8) is 0 Å². The fourth-order valence-electron chi connectivity index (χ4n) is 3.51. The third-order valence-corrected chi connectivity index (χ3v) is 7.06. The summed E-state index contributed by atoms with van der Waals surface area (Å²) >= 11 is 0. The van der Waals surface area contributed by atoms with Crippen LogP contribution in [0.4, 0.5) is 0 Å². The second-order valence-corrected chi connectivity index (χ2v) is 8.30. The minimum absolute atomic E-state index is 0.107. The van der Waals surface area contributed by atoms with Gasteiger partial charge in [-0.2, -0.15) is 0 Å². The molecule has 2 heterocycles. The van der Waals surface area contributed by atoms with Gasteiger partial charge >= 0.3 is 5.97 Å². The summed E-state index contributed by atoms with van der Waals surface area (Å²) in [5, 5.41) is 2.64. The van der Waals surface area contributed by atoms with E-state index in [0.29, 0.717) is 18.8 Å². The number of benzene rings is 3. The first-order valence-corrected chi connectivity index (χ1v) is 9.90. The lowest BCUT2D eigenvalue weighted by atomic mass is 10.2. The van der Waals surface area contributed by atoms with Gasteiger partial charge in [-0.1, -0.05) is 24.3 Å². The van der Waals surface area contributed by atoms with Crippen LogP contribution in [-0.2, 0) is 9.53 Å². The third-order valence-electron chi connectivity index (χ3n) is 4.73. The van der Waals surface area contributed by atoms with E-state index in [4.69, 9.17) is 9.47 Å². The first-order chi connectivity index (χ1) is 12.8. The largest absolute Gasteiger partial charge is 0.479 e. The molecule has 0 amide bonds. The number of carbonyl (C=O) groups excluding carboxylic acids is 1. The molecule has 128 valence electrons. The summed E-state index contributed by atoms with van der Waals surface area (Å²) in [5.74, 6) is 0.441. The minimum atomic E-state index is -0.476. The first kappa shape index (κ1) is 15.4. The molecule has 3 aromatic carbocycles. The molecule has 1 fully saturated rings. The van der Waals surface area contributed by atoms with Gasteiger partial charge in [-0.15, -0.1) is 0 Å². The van der Waals surface area contributed by atoms with Gasteiger partial charge in [-0.05, 0) is 36.4 Å². The van der Waals surface area contributed by atoms with Gasteiger partial charge in [0.05, 0.1) is 6.61 Å². The number of carbonyl (C=O) groups is 1. The van der Waals surface area contributed by atoms with Crippen LogP contribution in [-0.4, -0.2) is 18.7 Å². The van der Waals surface area contributed by atoms with Gasteiger partial charge in [-0.3, -0.25) is 0 Å². The van der Waals surface area contributed by atoms with E-state index in [1.54, 1.807) is 0 Å². The van der Waals surface area contributed by atoms with E-state index >= 15 is 0 Å². The van der Waals surface area contributed by atoms with E-state index in [1.165, 1.54) is 25.1 Å². The lowest BCUT2D eigenvalue weighted by Crippen LogP contribution is -2.21. The van der Waals surface area contributed by atoms with Gasteiger partial charge in [0, 0.05) is 39.8 Å². The minimum Gasteiger partial charge on any atom is -0.479 e. The molecular weight excluding hydrogens is 344 g/mol. The maximum atomic E-state index is 11.6. The maximum absolute atomic E-state index is 11.6. The lowest BCUT2D eigenvalue weighted by Gasteiger charge is -2.09. The number of cyclic esters (lactones) is 1. The molecule has 1 aliphatic rings. The average molecular weight is 361 g/mol. The third kappa shape index (κ3) is 2.45. The van der Waals surface area contributed by atoms with Crippen LogP contribution < -0.4 is 4.74 Å². The fraction of sp³-hybridized carbons (Fsp3) is 0.136. The molecule has 3 nitrogen and oxygen atoms in total. The van der Waals surface area contributed by atoms with Crippen LogP contribution in [0.3, 0.4) is 0 Å². The van der Waals surface area contributed by atoms with Crippen molar-refractivity contribution in [2.24, 2.45) is 0 Å². The van der Waals surface area contributed by atoms with Crippen molar-refractivity contribution < 1.29 is 14.3 Å². The quantitative estimate of drug-likeness (QED) is 0.361. The van der Waals surface area contributed by atoms with E-state index in [1.807, 2.05) is 12.1 Å². The summed E-state index contributed by atoms with van der Waals surface area (Å²) in [6.07, 6.45) is 0.141. The molecule has 0 radical (unpaired) electrons. The summed E-state index contributed by atoms with van der Waals surface area (Å²) < 4.78 is 13.5. The highest BCUT2D eigenvalue weighted by atomic mass is 32.2. The first-order valence-electron chi connectivity index (χ1n) is 8.67. The highest BCUT2D eigenvalue weighted by Crippen LogP contribution is 2.48. The molecular formula is C22H17O3S+. The molecule has 0 bridgehead atoms. The Morgan fingerprint density at radius 3 is 2.04 bits per heavy atom. The van der Waals surface area contributed by atoms with Gasteiger partial charge in [0.15, 0.2) is 20.4 Å². The number of esters is 1. The van der Waals surface area contributed by atoms with Gasteiger partial charge in [-0.25, -0.2) is 4.79 Å². The Bertz CT molecular complexity index is 1060. The monoisotopic (exact) mass is 361 g/mol. The second kappa shape index (κ2) is 6.15. The van der Waals surface area contributed by atoms with Crippen molar-refractivity contribution in [2.75, 3.05) is 6.61 Å². The Morgan fingerprint density at radius 2 is 1.46 bits per heavy atom. The van der Waals surface area contributed by atoms with Crippen molar-refractivity contribution in [1.82, 2.24) is 0 Å². The highest BCUT2D eigenvalue weighted by molar-refractivity contribution is 7.50. The summed E-state index contributed by atoms with van der Waals surface area (Å²) in [5.41, 5.74) is 0. The van der Waals surface area contributed by atoms with Crippen molar-refractivity contribution in [3.05, 3.63) is 72.8 Å². The Morgan fingerprint density at radius 1 is 0.846 bits per heavy atom. The smallest absolute Gasteiger partial charge is 0.347 e. The van der Waals surface area contributed by atoms with E-state index in [-0.39, 0.29) is 16.4 Å². The van der Waals surface area contributed by atoms with Gasteiger partial charge in [0.1, 0.15) is 5.75 Å². The number of ether oxygens (including phenoxy) is 2.